The summed E-state index contributed by atoms with van der Waals surface area (Å²) in [5.41, 5.74) is 8.87. The maximum atomic E-state index is 3.71. The summed E-state index contributed by atoms with van der Waals surface area (Å²) in [6, 6.07) is 24.8. The average molecular weight is 389 g/mol. The van der Waals surface area contributed by atoms with Gasteiger partial charge in [0.15, 0.2) is 0 Å². The molecule has 0 heterocycles. The third-order valence-corrected chi connectivity index (χ3v) is 6.63. The number of halogens is 1. The van der Waals surface area contributed by atoms with Gasteiger partial charge in [0, 0.05) is 9.89 Å². The summed E-state index contributed by atoms with van der Waals surface area (Å²) in [5.74, 6) is 0. The lowest BCUT2D eigenvalue weighted by atomic mass is 9.67. The summed E-state index contributed by atoms with van der Waals surface area (Å²) < 4.78 is 1.20. The molecule has 2 aliphatic carbocycles. The van der Waals surface area contributed by atoms with Gasteiger partial charge in [-0.15, -0.1) is 0 Å². The zero-order valence-electron chi connectivity index (χ0n) is 14.3. The number of rotatable bonds is 1. The highest BCUT2D eigenvalue weighted by Crippen LogP contribution is 2.56. The van der Waals surface area contributed by atoms with Crippen LogP contribution in [0.25, 0.3) is 22.3 Å². The van der Waals surface area contributed by atoms with E-state index >= 15 is 0 Å². The zero-order valence-corrected chi connectivity index (χ0v) is 15.9. The maximum absolute atomic E-state index is 3.71. The van der Waals surface area contributed by atoms with E-state index in [0.29, 0.717) is 0 Å². The molecular weight excluding hydrogens is 368 g/mol. The predicted octanol–water partition coefficient (Wildman–Crippen LogP) is 7.35. The van der Waals surface area contributed by atoms with Crippen LogP contribution >= 0.6 is 15.9 Å². The van der Waals surface area contributed by atoms with Gasteiger partial charge < -0.3 is 0 Å². The highest BCUT2D eigenvalue weighted by molar-refractivity contribution is 9.10. The van der Waals surface area contributed by atoms with Gasteiger partial charge in [0.05, 0.1) is 0 Å². The molecule has 3 aromatic carbocycles. The molecule has 5 rings (SSSR count). The highest BCUT2D eigenvalue weighted by atomic mass is 79.9. The van der Waals surface area contributed by atoms with E-state index in [1.807, 2.05) is 0 Å². The van der Waals surface area contributed by atoms with E-state index in [1.165, 1.54) is 58.8 Å². The second-order valence-corrected chi connectivity index (χ2v) is 8.37. The lowest BCUT2D eigenvalue weighted by Gasteiger charge is -2.36. The molecule has 0 aliphatic heterocycles. The van der Waals surface area contributed by atoms with Crippen molar-refractivity contribution in [3.05, 3.63) is 82.3 Å². The Hall–Kier alpha value is -1.86. The summed E-state index contributed by atoms with van der Waals surface area (Å²) in [6.45, 7) is 0. The van der Waals surface area contributed by atoms with Crippen LogP contribution in [0.15, 0.2) is 71.2 Å². The number of benzene rings is 3. The van der Waals surface area contributed by atoms with Crippen molar-refractivity contribution in [1.82, 2.24) is 0 Å². The molecule has 0 saturated heterocycles. The second-order valence-electron chi connectivity index (χ2n) is 7.46. The molecule has 0 radical (unpaired) electrons. The van der Waals surface area contributed by atoms with Crippen molar-refractivity contribution in [2.75, 3.05) is 0 Å². The summed E-state index contributed by atoms with van der Waals surface area (Å²) >= 11 is 3.71. The molecule has 0 bridgehead atoms. The Bertz CT molecular complexity index is 934. The fourth-order valence-electron chi connectivity index (χ4n) is 4.97. The van der Waals surface area contributed by atoms with Crippen LogP contribution in [0, 0.1) is 0 Å². The first kappa shape index (κ1) is 15.4. The van der Waals surface area contributed by atoms with E-state index in [-0.39, 0.29) is 5.41 Å². The largest absolute Gasteiger partial charge is 0.0622 e. The summed E-state index contributed by atoms with van der Waals surface area (Å²) in [5, 5.41) is 0. The molecule has 0 amide bonds. The Morgan fingerprint density at radius 2 is 1.32 bits per heavy atom. The Balaban J connectivity index is 1.75. The maximum Gasteiger partial charge on any atom is 0.0215 e. The highest BCUT2D eigenvalue weighted by Gasteiger charge is 2.43. The van der Waals surface area contributed by atoms with Crippen LogP contribution in [-0.4, -0.2) is 0 Å². The second kappa shape index (κ2) is 5.85. The minimum Gasteiger partial charge on any atom is -0.0622 e. The Labute approximate surface area is 158 Å². The molecule has 0 atom stereocenters. The number of fused-ring (bicyclic) bond motifs is 5. The zero-order chi connectivity index (χ0) is 16.9. The molecular formula is C24H21Br. The van der Waals surface area contributed by atoms with E-state index < -0.39 is 0 Å². The summed E-state index contributed by atoms with van der Waals surface area (Å²) in [4.78, 5) is 0. The molecule has 1 saturated carbocycles. The minimum absolute atomic E-state index is 0.220. The monoisotopic (exact) mass is 388 g/mol. The van der Waals surface area contributed by atoms with Gasteiger partial charge in [-0.1, -0.05) is 83.7 Å². The van der Waals surface area contributed by atoms with Crippen molar-refractivity contribution in [2.24, 2.45) is 0 Å². The quantitative estimate of drug-likeness (QED) is 0.408. The van der Waals surface area contributed by atoms with Crippen molar-refractivity contribution in [3.63, 3.8) is 0 Å². The normalized spacial score (nSPS) is 17.3. The number of hydrogen-bond acceptors (Lipinski definition) is 0. The van der Waals surface area contributed by atoms with Gasteiger partial charge in [-0.2, -0.15) is 0 Å². The molecule has 25 heavy (non-hydrogen) atoms. The minimum atomic E-state index is 0.220. The third-order valence-electron chi connectivity index (χ3n) is 6.14. The summed E-state index contributed by atoms with van der Waals surface area (Å²) in [7, 11) is 0. The van der Waals surface area contributed by atoms with Crippen molar-refractivity contribution >= 4 is 15.9 Å². The van der Waals surface area contributed by atoms with Crippen LogP contribution in [0.3, 0.4) is 0 Å². The van der Waals surface area contributed by atoms with Crippen LogP contribution < -0.4 is 0 Å². The van der Waals surface area contributed by atoms with Crippen LogP contribution in [0.4, 0.5) is 0 Å². The lowest BCUT2D eigenvalue weighted by molar-refractivity contribution is 0.353. The van der Waals surface area contributed by atoms with Gasteiger partial charge in [-0.25, -0.2) is 0 Å². The van der Waals surface area contributed by atoms with E-state index in [4.69, 9.17) is 0 Å². The molecule has 0 N–H and O–H groups in total. The van der Waals surface area contributed by atoms with Gasteiger partial charge in [0.2, 0.25) is 0 Å². The molecule has 0 nitrogen and oxygen atoms in total. The number of hydrogen-bond donors (Lipinski definition) is 0. The lowest BCUT2D eigenvalue weighted by Crippen LogP contribution is -2.28. The Morgan fingerprint density at radius 3 is 2.08 bits per heavy atom. The Morgan fingerprint density at radius 1 is 0.640 bits per heavy atom. The van der Waals surface area contributed by atoms with Crippen LogP contribution in [0.1, 0.15) is 43.2 Å². The molecule has 1 heteroatoms. The van der Waals surface area contributed by atoms with Crippen LogP contribution in [-0.2, 0) is 5.41 Å². The topological polar surface area (TPSA) is 0 Å². The van der Waals surface area contributed by atoms with Crippen LogP contribution in [0.5, 0.6) is 0 Å². The van der Waals surface area contributed by atoms with Gasteiger partial charge in [-0.3, -0.25) is 0 Å². The van der Waals surface area contributed by atoms with Gasteiger partial charge in [-0.05, 0) is 64.4 Å². The fraction of sp³-hybridized carbons (Fsp3) is 0.250. The van der Waals surface area contributed by atoms with Crippen molar-refractivity contribution < 1.29 is 0 Å². The average Bonchev–Trinajstić information content (AvgIpc) is 2.92. The van der Waals surface area contributed by atoms with Crippen LogP contribution in [0.2, 0.25) is 0 Å². The molecule has 2 aliphatic rings. The van der Waals surface area contributed by atoms with E-state index in [2.05, 4.69) is 82.7 Å². The van der Waals surface area contributed by atoms with E-state index in [9.17, 15) is 0 Å². The molecule has 1 spiro atoms. The Kier molecular flexibility index (Phi) is 3.60. The fourth-order valence-corrected chi connectivity index (χ4v) is 5.33. The predicted molar refractivity (Wildman–Crippen MR) is 109 cm³/mol. The van der Waals surface area contributed by atoms with E-state index in [0.717, 1.165) is 0 Å². The summed E-state index contributed by atoms with van der Waals surface area (Å²) in [6.07, 6.45) is 6.60. The van der Waals surface area contributed by atoms with Gasteiger partial charge >= 0.3 is 0 Å². The molecule has 3 aromatic rings. The van der Waals surface area contributed by atoms with Crippen molar-refractivity contribution in [2.45, 2.75) is 37.5 Å². The molecule has 0 aromatic heterocycles. The van der Waals surface area contributed by atoms with Gasteiger partial charge in [0.1, 0.15) is 0 Å². The first-order valence-corrected chi connectivity index (χ1v) is 10.1. The molecule has 1 fully saturated rings. The molecule has 124 valence electrons. The van der Waals surface area contributed by atoms with E-state index in [1.54, 1.807) is 11.1 Å². The first-order chi connectivity index (χ1) is 12.3. The van der Waals surface area contributed by atoms with Crippen molar-refractivity contribution in [3.8, 4) is 22.3 Å². The van der Waals surface area contributed by atoms with Gasteiger partial charge in [0.25, 0.3) is 0 Å². The molecule has 0 unspecified atom stereocenters. The first-order valence-electron chi connectivity index (χ1n) is 9.28. The van der Waals surface area contributed by atoms with Crippen molar-refractivity contribution in [1.29, 1.82) is 0 Å². The third kappa shape index (κ3) is 2.33. The SMILES string of the molecule is Brc1ccc2c(c1)C1(CCCCC1)c1cc(-c3ccccc3)ccc1-2. The smallest absolute Gasteiger partial charge is 0.0215 e. The standard InChI is InChI=1S/C24H21Br/c25-19-10-12-21-20-11-9-18(17-7-3-1-4-8-17)15-22(20)24(23(21)16-19)13-5-2-6-14-24/h1,3-4,7-12,15-16H,2,5-6,13-14H2.